The summed E-state index contributed by atoms with van der Waals surface area (Å²) in [6.45, 7) is 5.84. The Kier molecular flexibility index (Phi) is 4.36. The highest BCUT2D eigenvalue weighted by molar-refractivity contribution is 5.39. The molecule has 0 radical (unpaired) electrons. The topological polar surface area (TPSA) is 64.7 Å². The first-order chi connectivity index (χ1) is 11.1. The first kappa shape index (κ1) is 15.2. The zero-order valence-corrected chi connectivity index (χ0v) is 13.7. The SMILES string of the molecule is Cc1cc(C)n(-c2ccc(N(C)CCCn3ccnc3)nn2)n1. The maximum atomic E-state index is 4.42. The van der Waals surface area contributed by atoms with Gasteiger partial charge < -0.3 is 9.47 Å². The van der Waals surface area contributed by atoms with Crippen molar-refractivity contribution in [1.82, 2.24) is 29.5 Å². The molecule has 0 bridgehead atoms. The van der Waals surface area contributed by atoms with Crippen molar-refractivity contribution >= 4 is 5.82 Å². The second kappa shape index (κ2) is 6.60. The highest BCUT2D eigenvalue weighted by atomic mass is 15.4. The molecule has 0 atom stereocenters. The monoisotopic (exact) mass is 311 g/mol. The van der Waals surface area contributed by atoms with E-state index in [-0.39, 0.29) is 0 Å². The fourth-order valence-electron chi connectivity index (χ4n) is 2.52. The van der Waals surface area contributed by atoms with Crippen molar-refractivity contribution in [2.24, 2.45) is 0 Å². The predicted octanol–water partition coefficient (Wildman–Crippen LogP) is 2.00. The Labute approximate surface area is 135 Å². The molecule has 3 aromatic heterocycles. The van der Waals surface area contributed by atoms with E-state index in [0.717, 1.165) is 42.5 Å². The van der Waals surface area contributed by atoms with Crippen LogP contribution in [0.1, 0.15) is 17.8 Å². The van der Waals surface area contributed by atoms with Crippen LogP contribution in [0.15, 0.2) is 36.9 Å². The van der Waals surface area contributed by atoms with E-state index in [1.54, 1.807) is 6.20 Å². The van der Waals surface area contributed by atoms with Gasteiger partial charge in [-0.3, -0.25) is 0 Å². The van der Waals surface area contributed by atoms with E-state index in [0.29, 0.717) is 0 Å². The zero-order chi connectivity index (χ0) is 16.2. The fourth-order valence-corrected chi connectivity index (χ4v) is 2.52. The van der Waals surface area contributed by atoms with Crippen LogP contribution in [0.25, 0.3) is 5.82 Å². The van der Waals surface area contributed by atoms with Crippen LogP contribution in [0.5, 0.6) is 0 Å². The summed E-state index contributed by atoms with van der Waals surface area (Å²) in [6, 6.07) is 5.96. The minimum absolute atomic E-state index is 0.742. The number of rotatable bonds is 6. The number of anilines is 1. The van der Waals surface area contributed by atoms with E-state index >= 15 is 0 Å². The van der Waals surface area contributed by atoms with E-state index in [1.807, 2.05) is 56.3 Å². The van der Waals surface area contributed by atoms with E-state index < -0.39 is 0 Å². The molecule has 120 valence electrons. The highest BCUT2D eigenvalue weighted by Gasteiger charge is 2.08. The van der Waals surface area contributed by atoms with Gasteiger partial charge in [0.25, 0.3) is 0 Å². The van der Waals surface area contributed by atoms with Gasteiger partial charge in [-0.15, -0.1) is 10.2 Å². The summed E-state index contributed by atoms with van der Waals surface area (Å²) in [5, 5.41) is 13.0. The van der Waals surface area contributed by atoms with Crippen LogP contribution in [-0.2, 0) is 6.54 Å². The molecule has 0 aliphatic rings. The van der Waals surface area contributed by atoms with Gasteiger partial charge in [-0.25, -0.2) is 9.67 Å². The Hall–Kier alpha value is -2.70. The number of aromatic nitrogens is 6. The van der Waals surface area contributed by atoms with Gasteiger partial charge in [-0.2, -0.15) is 5.10 Å². The van der Waals surface area contributed by atoms with E-state index in [2.05, 4.69) is 29.7 Å². The zero-order valence-electron chi connectivity index (χ0n) is 13.7. The molecule has 7 nitrogen and oxygen atoms in total. The Balaban J connectivity index is 1.61. The number of imidazole rings is 1. The summed E-state index contributed by atoms with van der Waals surface area (Å²) < 4.78 is 3.89. The standard InChI is InChI=1S/C16H21N7/c1-13-11-14(2)23(20-13)16-6-5-15(18-19-16)21(3)8-4-9-22-10-7-17-12-22/h5-7,10-12H,4,8-9H2,1-3H3. The second-order valence-electron chi connectivity index (χ2n) is 5.66. The first-order valence-corrected chi connectivity index (χ1v) is 7.68. The summed E-state index contributed by atoms with van der Waals surface area (Å²) in [5.41, 5.74) is 2.03. The lowest BCUT2D eigenvalue weighted by atomic mass is 10.3. The molecule has 3 aromatic rings. The highest BCUT2D eigenvalue weighted by Crippen LogP contribution is 2.13. The van der Waals surface area contributed by atoms with Gasteiger partial charge in [0.1, 0.15) is 0 Å². The van der Waals surface area contributed by atoms with Crippen molar-refractivity contribution in [2.75, 3.05) is 18.5 Å². The Morgan fingerprint density at radius 2 is 2.04 bits per heavy atom. The van der Waals surface area contributed by atoms with Gasteiger partial charge in [0.05, 0.1) is 12.0 Å². The van der Waals surface area contributed by atoms with Crippen molar-refractivity contribution in [2.45, 2.75) is 26.8 Å². The molecule has 0 fully saturated rings. The number of nitrogens with zero attached hydrogens (tertiary/aromatic N) is 7. The lowest BCUT2D eigenvalue weighted by Crippen LogP contribution is -2.21. The van der Waals surface area contributed by atoms with Crippen LogP contribution < -0.4 is 4.90 Å². The first-order valence-electron chi connectivity index (χ1n) is 7.68. The Bertz CT molecular complexity index is 743. The van der Waals surface area contributed by atoms with Crippen LogP contribution in [0.3, 0.4) is 0 Å². The van der Waals surface area contributed by atoms with Gasteiger partial charge >= 0.3 is 0 Å². The summed E-state index contributed by atoms with van der Waals surface area (Å²) in [6.07, 6.45) is 6.63. The van der Waals surface area contributed by atoms with Crippen LogP contribution in [0.2, 0.25) is 0 Å². The average Bonchev–Trinajstić information content (AvgIpc) is 3.17. The molecule has 7 heteroatoms. The van der Waals surface area contributed by atoms with E-state index in [4.69, 9.17) is 0 Å². The molecule has 0 aliphatic carbocycles. The number of hydrogen-bond donors (Lipinski definition) is 0. The van der Waals surface area contributed by atoms with Gasteiger partial charge in [0, 0.05) is 38.2 Å². The smallest absolute Gasteiger partial charge is 0.176 e. The molecule has 3 heterocycles. The Morgan fingerprint density at radius 3 is 2.65 bits per heavy atom. The van der Waals surface area contributed by atoms with Gasteiger partial charge in [-0.05, 0) is 38.5 Å². The van der Waals surface area contributed by atoms with Crippen LogP contribution >= 0.6 is 0 Å². The maximum Gasteiger partial charge on any atom is 0.176 e. The van der Waals surface area contributed by atoms with Crippen LogP contribution in [-0.4, -0.2) is 43.1 Å². The number of hydrogen-bond acceptors (Lipinski definition) is 5. The van der Waals surface area contributed by atoms with Crippen molar-refractivity contribution in [3.63, 3.8) is 0 Å². The molecule has 0 aliphatic heterocycles. The summed E-state index contributed by atoms with van der Waals surface area (Å²) >= 11 is 0. The molecule has 3 rings (SSSR count). The van der Waals surface area contributed by atoms with Crippen molar-refractivity contribution in [3.8, 4) is 5.82 Å². The largest absolute Gasteiger partial charge is 0.358 e. The lowest BCUT2D eigenvalue weighted by molar-refractivity contribution is 0.634. The Morgan fingerprint density at radius 1 is 1.17 bits per heavy atom. The quantitative estimate of drug-likeness (QED) is 0.696. The van der Waals surface area contributed by atoms with Crippen LogP contribution in [0, 0.1) is 13.8 Å². The molecule has 0 unspecified atom stereocenters. The molecule has 23 heavy (non-hydrogen) atoms. The predicted molar refractivity (Wildman–Crippen MR) is 88.7 cm³/mol. The van der Waals surface area contributed by atoms with E-state index in [1.165, 1.54) is 0 Å². The molecule has 0 saturated heterocycles. The summed E-state index contributed by atoms with van der Waals surface area (Å²) in [4.78, 5) is 6.15. The normalized spacial score (nSPS) is 10.9. The molecule has 0 amide bonds. The minimum atomic E-state index is 0.742. The van der Waals surface area contributed by atoms with Crippen molar-refractivity contribution in [3.05, 3.63) is 48.3 Å². The molecule has 0 N–H and O–H groups in total. The molecule has 0 spiro atoms. The third kappa shape index (κ3) is 3.56. The third-order valence-electron chi connectivity index (χ3n) is 3.72. The summed E-state index contributed by atoms with van der Waals surface area (Å²) in [5.74, 6) is 1.60. The van der Waals surface area contributed by atoms with E-state index in [9.17, 15) is 0 Å². The van der Waals surface area contributed by atoms with Crippen LogP contribution in [0.4, 0.5) is 5.82 Å². The minimum Gasteiger partial charge on any atom is -0.358 e. The molecular formula is C16H21N7. The summed E-state index contributed by atoms with van der Waals surface area (Å²) in [7, 11) is 2.03. The maximum absolute atomic E-state index is 4.42. The molecule has 0 aromatic carbocycles. The molecule has 0 saturated carbocycles. The second-order valence-corrected chi connectivity index (χ2v) is 5.66. The third-order valence-corrected chi connectivity index (χ3v) is 3.72. The lowest BCUT2D eigenvalue weighted by Gasteiger charge is -2.17. The number of aryl methyl sites for hydroxylation is 3. The van der Waals surface area contributed by atoms with Gasteiger partial charge in [0.2, 0.25) is 0 Å². The fraction of sp³-hybridized carbons (Fsp3) is 0.375. The van der Waals surface area contributed by atoms with Crippen molar-refractivity contribution < 1.29 is 0 Å². The van der Waals surface area contributed by atoms with Gasteiger partial charge in [0.15, 0.2) is 11.6 Å². The van der Waals surface area contributed by atoms with Crippen molar-refractivity contribution in [1.29, 1.82) is 0 Å². The van der Waals surface area contributed by atoms with Gasteiger partial charge in [-0.1, -0.05) is 0 Å². The average molecular weight is 311 g/mol. The molecular weight excluding hydrogens is 290 g/mol.